The Labute approximate surface area is 103 Å². The van der Waals surface area contributed by atoms with E-state index in [2.05, 4.69) is 24.3 Å². The van der Waals surface area contributed by atoms with Crippen molar-refractivity contribution in [2.45, 2.75) is 38.5 Å². The maximum atomic E-state index is 5.29. The van der Waals surface area contributed by atoms with Crippen LogP contribution in [-0.2, 0) is 6.42 Å². The van der Waals surface area contributed by atoms with Crippen molar-refractivity contribution < 1.29 is 4.74 Å². The van der Waals surface area contributed by atoms with Gasteiger partial charge < -0.3 is 4.74 Å². The second-order valence-corrected chi connectivity index (χ2v) is 5.27. The average molecular weight is 228 g/mol. The molecule has 0 radical (unpaired) electrons. The zero-order chi connectivity index (χ0) is 11.7. The molecule has 1 heteroatoms. The number of benzene rings is 1. The molecular formula is C16H20O. The minimum Gasteiger partial charge on any atom is -0.497 e. The first-order chi connectivity index (χ1) is 8.36. The highest BCUT2D eigenvalue weighted by molar-refractivity contribution is 5.61. The van der Waals surface area contributed by atoms with Crippen LogP contribution >= 0.6 is 0 Å². The van der Waals surface area contributed by atoms with Gasteiger partial charge >= 0.3 is 0 Å². The van der Waals surface area contributed by atoms with Crippen molar-refractivity contribution in [1.82, 2.24) is 0 Å². The van der Waals surface area contributed by atoms with Gasteiger partial charge in [0.1, 0.15) is 5.75 Å². The summed E-state index contributed by atoms with van der Waals surface area (Å²) in [7, 11) is 1.74. The molecule has 3 rings (SSSR count). The summed E-state index contributed by atoms with van der Waals surface area (Å²) in [4.78, 5) is 0. The van der Waals surface area contributed by atoms with Gasteiger partial charge in [0.25, 0.3) is 0 Å². The smallest absolute Gasteiger partial charge is 0.119 e. The Morgan fingerprint density at radius 2 is 1.94 bits per heavy atom. The highest BCUT2D eigenvalue weighted by Gasteiger charge is 2.21. The van der Waals surface area contributed by atoms with Crippen LogP contribution in [0.3, 0.4) is 0 Å². The molecule has 0 atom stereocenters. The predicted octanol–water partition coefficient (Wildman–Crippen LogP) is 4.22. The van der Waals surface area contributed by atoms with Crippen LogP contribution in [0.15, 0.2) is 23.8 Å². The molecule has 90 valence electrons. The fraction of sp³-hybridized carbons (Fsp3) is 0.500. The van der Waals surface area contributed by atoms with Gasteiger partial charge in [-0.3, -0.25) is 0 Å². The maximum absolute atomic E-state index is 5.29. The van der Waals surface area contributed by atoms with E-state index in [1.807, 2.05) is 0 Å². The fourth-order valence-corrected chi connectivity index (χ4v) is 3.24. The number of rotatable bonds is 2. The van der Waals surface area contributed by atoms with Crippen molar-refractivity contribution in [2.75, 3.05) is 7.11 Å². The molecule has 0 bridgehead atoms. The number of hydrogen-bond acceptors (Lipinski definition) is 1. The van der Waals surface area contributed by atoms with E-state index < -0.39 is 0 Å². The molecule has 0 aromatic heterocycles. The van der Waals surface area contributed by atoms with Crippen molar-refractivity contribution in [3.8, 4) is 5.75 Å². The van der Waals surface area contributed by atoms with Gasteiger partial charge in [-0.05, 0) is 54.9 Å². The SMILES string of the molecule is COc1ccc2c(c1)CCC(C1CCCC1)=C2. The van der Waals surface area contributed by atoms with Gasteiger partial charge in [0.2, 0.25) is 0 Å². The van der Waals surface area contributed by atoms with Crippen molar-refractivity contribution in [3.63, 3.8) is 0 Å². The summed E-state index contributed by atoms with van der Waals surface area (Å²) in [6.07, 6.45) is 10.6. The Morgan fingerprint density at radius 3 is 2.71 bits per heavy atom. The summed E-state index contributed by atoms with van der Waals surface area (Å²) >= 11 is 0. The van der Waals surface area contributed by atoms with E-state index in [1.54, 1.807) is 12.7 Å². The molecule has 2 aliphatic rings. The first-order valence-corrected chi connectivity index (χ1v) is 6.74. The van der Waals surface area contributed by atoms with Crippen LogP contribution in [0, 0.1) is 5.92 Å². The van der Waals surface area contributed by atoms with Crippen LogP contribution in [0.4, 0.5) is 0 Å². The van der Waals surface area contributed by atoms with E-state index in [9.17, 15) is 0 Å². The van der Waals surface area contributed by atoms with Crippen molar-refractivity contribution in [3.05, 3.63) is 34.9 Å². The van der Waals surface area contributed by atoms with E-state index in [0.717, 1.165) is 11.7 Å². The molecule has 0 aliphatic heterocycles. The summed E-state index contributed by atoms with van der Waals surface area (Å²) in [5, 5.41) is 0. The Hall–Kier alpha value is -1.24. The number of ether oxygens (including phenoxy) is 1. The van der Waals surface area contributed by atoms with Gasteiger partial charge in [-0.25, -0.2) is 0 Å². The molecule has 0 unspecified atom stereocenters. The predicted molar refractivity (Wildman–Crippen MR) is 71.3 cm³/mol. The molecule has 1 aromatic carbocycles. The number of methoxy groups -OCH3 is 1. The van der Waals surface area contributed by atoms with Gasteiger partial charge in [-0.15, -0.1) is 0 Å². The van der Waals surface area contributed by atoms with Crippen LogP contribution in [0.5, 0.6) is 5.75 Å². The Morgan fingerprint density at radius 1 is 1.12 bits per heavy atom. The summed E-state index contributed by atoms with van der Waals surface area (Å²) in [6, 6.07) is 6.48. The summed E-state index contributed by atoms with van der Waals surface area (Å²) in [5.41, 5.74) is 4.56. The van der Waals surface area contributed by atoms with Gasteiger partial charge in [0.05, 0.1) is 7.11 Å². The monoisotopic (exact) mass is 228 g/mol. The Kier molecular flexibility index (Phi) is 2.92. The lowest BCUT2D eigenvalue weighted by Crippen LogP contribution is -2.06. The van der Waals surface area contributed by atoms with Crippen LogP contribution < -0.4 is 4.74 Å². The average Bonchev–Trinajstić information content (AvgIpc) is 2.91. The molecule has 2 aliphatic carbocycles. The Bertz CT molecular complexity index is 439. The standard InChI is InChI=1S/C16H20O/c1-17-16-9-8-14-10-13(6-7-15(14)11-16)12-4-2-3-5-12/h8-12H,2-7H2,1H3. The molecule has 0 heterocycles. The van der Waals surface area contributed by atoms with E-state index in [1.165, 1.54) is 49.7 Å². The number of aryl methyl sites for hydroxylation is 1. The largest absolute Gasteiger partial charge is 0.497 e. The van der Waals surface area contributed by atoms with Crippen molar-refractivity contribution in [1.29, 1.82) is 0 Å². The van der Waals surface area contributed by atoms with Gasteiger partial charge in [0, 0.05) is 0 Å². The van der Waals surface area contributed by atoms with Gasteiger partial charge in [-0.2, -0.15) is 0 Å². The molecule has 0 N–H and O–H groups in total. The molecule has 1 saturated carbocycles. The van der Waals surface area contributed by atoms with Crippen LogP contribution in [0.2, 0.25) is 0 Å². The first-order valence-electron chi connectivity index (χ1n) is 6.74. The fourth-order valence-electron chi connectivity index (χ4n) is 3.24. The van der Waals surface area contributed by atoms with Crippen LogP contribution in [-0.4, -0.2) is 7.11 Å². The van der Waals surface area contributed by atoms with E-state index in [-0.39, 0.29) is 0 Å². The minimum atomic E-state index is 0.880. The molecular weight excluding hydrogens is 208 g/mol. The molecule has 1 aromatic rings. The lowest BCUT2D eigenvalue weighted by Gasteiger charge is -2.21. The second-order valence-electron chi connectivity index (χ2n) is 5.27. The molecule has 0 saturated heterocycles. The number of fused-ring (bicyclic) bond motifs is 1. The highest BCUT2D eigenvalue weighted by atomic mass is 16.5. The third-order valence-electron chi connectivity index (χ3n) is 4.25. The third kappa shape index (κ3) is 2.11. The molecule has 0 spiro atoms. The summed E-state index contributed by atoms with van der Waals surface area (Å²) in [5.74, 6) is 1.87. The second kappa shape index (κ2) is 4.56. The van der Waals surface area contributed by atoms with E-state index >= 15 is 0 Å². The number of hydrogen-bond donors (Lipinski definition) is 0. The zero-order valence-electron chi connectivity index (χ0n) is 10.5. The molecule has 1 nitrogen and oxygen atoms in total. The van der Waals surface area contributed by atoms with Crippen molar-refractivity contribution >= 4 is 6.08 Å². The molecule has 17 heavy (non-hydrogen) atoms. The van der Waals surface area contributed by atoms with Crippen molar-refractivity contribution in [2.24, 2.45) is 5.92 Å². The van der Waals surface area contributed by atoms with Gasteiger partial charge in [-0.1, -0.05) is 30.6 Å². The quantitative estimate of drug-likeness (QED) is 0.736. The third-order valence-corrected chi connectivity index (χ3v) is 4.25. The molecule has 1 fully saturated rings. The van der Waals surface area contributed by atoms with E-state index in [4.69, 9.17) is 4.74 Å². The van der Waals surface area contributed by atoms with E-state index in [0.29, 0.717) is 0 Å². The molecule has 0 amide bonds. The minimum absolute atomic E-state index is 0.880. The van der Waals surface area contributed by atoms with Crippen LogP contribution in [0.25, 0.3) is 6.08 Å². The summed E-state index contributed by atoms with van der Waals surface area (Å²) in [6.45, 7) is 0. The van der Waals surface area contributed by atoms with Gasteiger partial charge in [0.15, 0.2) is 0 Å². The van der Waals surface area contributed by atoms with Crippen LogP contribution in [0.1, 0.15) is 43.2 Å². The number of allylic oxidation sites excluding steroid dienone is 1. The lowest BCUT2D eigenvalue weighted by molar-refractivity contribution is 0.414. The Balaban J connectivity index is 1.88. The zero-order valence-corrected chi connectivity index (χ0v) is 10.5. The highest BCUT2D eigenvalue weighted by Crippen LogP contribution is 2.37. The topological polar surface area (TPSA) is 9.23 Å². The normalized spacial score (nSPS) is 19.9. The maximum Gasteiger partial charge on any atom is 0.119 e. The summed E-state index contributed by atoms with van der Waals surface area (Å²) < 4.78 is 5.29. The first kappa shape index (κ1) is 10.9. The lowest BCUT2D eigenvalue weighted by atomic mass is 9.85.